The molecule has 1 aromatic carbocycles. The van der Waals surface area contributed by atoms with Crippen LogP contribution in [0.25, 0.3) is 0 Å². The van der Waals surface area contributed by atoms with Crippen LogP contribution in [0.5, 0.6) is 0 Å². The number of carbonyl (C=O) groups excluding carboxylic acids is 1. The van der Waals surface area contributed by atoms with E-state index >= 15 is 0 Å². The molecule has 17 heavy (non-hydrogen) atoms. The topological polar surface area (TPSA) is 32.7 Å². The molecule has 0 saturated heterocycles. The number of aryl methyl sites for hydroxylation is 1. The van der Waals surface area contributed by atoms with Crippen LogP contribution in [0.2, 0.25) is 0 Å². The first kappa shape index (κ1) is 11.8. The van der Waals surface area contributed by atoms with Crippen molar-refractivity contribution in [1.29, 1.82) is 0 Å². The number of carbonyl (C=O) groups is 1. The van der Waals surface area contributed by atoms with Crippen molar-refractivity contribution in [2.75, 3.05) is 5.01 Å². The minimum absolute atomic E-state index is 0.0591. The number of hydrogen-bond acceptors (Lipinski definition) is 2. The summed E-state index contributed by atoms with van der Waals surface area (Å²) in [7, 11) is 0. The third-order valence-corrected chi connectivity index (χ3v) is 2.91. The lowest BCUT2D eigenvalue weighted by molar-refractivity contribution is -0.116. The monoisotopic (exact) mass is 230 g/mol. The maximum atomic E-state index is 11.7. The summed E-state index contributed by atoms with van der Waals surface area (Å²) in [4.78, 5) is 11.7. The Kier molecular flexibility index (Phi) is 3.57. The minimum atomic E-state index is 0.0591. The van der Waals surface area contributed by atoms with Crippen molar-refractivity contribution in [3.63, 3.8) is 0 Å². The van der Waals surface area contributed by atoms with Crippen molar-refractivity contribution in [2.45, 2.75) is 39.5 Å². The number of hydrazone groups is 1. The Morgan fingerprint density at radius 2 is 2.00 bits per heavy atom. The van der Waals surface area contributed by atoms with Gasteiger partial charge in [-0.3, -0.25) is 4.79 Å². The van der Waals surface area contributed by atoms with E-state index in [2.05, 4.69) is 24.2 Å². The van der Waals surface area contributed by atoms with Crippen LogP contribution in [0.4, 0.5) is 5.69 Å². The van der Waals surface area contributed by atoms with Gasteiger partial charge in [0, 0.05) is 5.71 Å². The largest absolute Gasteiger partial charge is 0.272 e. The number of nitrogens with zero attached hydrogens (tertiary/aromatic N) is 2. The molecule has 0 aliphatic carbocycles. The van der Waals surface area contributed by atoms with Gasteiger partial charge in [-0.1, -0.05) is 25.5 Å². The molecule has 1 amide bonds. The molecule has 0 N–H and O–H groups in total. The fourth-order valence-corrected chi connectivity index (χ4v) is 1.94. The molecule has 0 spiro atoms. The average molecular weight is 230 g/mol. The van der Waals surface area contributed by atoms with E-state index in [4.69, 9.17) is 0 Å². The van der Waals surface area contributed by atoms with Crippen LogP contribution < -0.4 is 5.01 Å². The molecule has 2 rings (SSSR count). The molecular weight excluding hydrogens is 212 g/mol. The van der Waals surface area contributed by atoms with Gasteiger partial charge in [0.1, 0.15) is 0 Å². The van der Waals surface area contributed by atoms with Crippen molar-refractivity contribution in [1.82, 2.24) is 0 Å². The molecule has 0 aromatic heterocycles. The molecule has 1 heterocycles. The Balaban J connectivity index is 2.10. The molecule has 1 aromatic rings. The predicted octanol–water partition coefficient (Wildman–Crippen LogP) is 3.14. The van der Waals surface area contributed by atoms with Crippen LogP contribution in [-0.4, -0.2) is 11.6 Å². The molecule has 1 aliphatic rings. The average Bonchev–Trinajstić information content (AvgIpc) is 2.66. The van der Waals surface area contributed by atoms with Gasteiger partial charge in [-0.15, -0.1) is 0 Å². The van der Waals surface area contributed by atoms with Crippen LogP contribution in [-0.2, 0) is 11.2 Å². The number of unbranched alkanes of at least 4 members (excludes halogenated alkanes) is 1. The summed E-state index contributed by atoms with van der Waals surface area (Å²) in [5.74, 6) is 0.0591. The minimum Gasteiger partial charge on any atom is -0.272 e. The molecular formula is C14H18N2O. The van der Waals surface area contributed by atoms with Gasteiger partial charge in [0.25, 0.3) is 5.91 Å². The molecule has 0 fully saturated rings. The summed E-state index contributed by atoms with van der Waals surface area (Å²) in [6, 6.07) is 8.12. The summed E-state index contributed by atoms with van der Waals surface area (Å²) in [5, 5.41) is 5.73. The van der Waals surface area contributed by atoms with Gasteiger partial charge in [0.05, 0.1) is 12.1 Å². The third kappa shape index (κ3) is 2.73. The SMILES string of the molecule is CCCCc1ccc(N2N=C(C)CC2=O)cc1. The smallest absolute Gasteiger partial charge is 0.253 e. The zero-order valence-corrected chi connectivity index (χ0v) is 10.4. The Bertz CT molecular complexity index is 434. The second-order valence-electron chi connectivity index (χ2n) is 4.49. The second-order valence-corrected chi connectivity index (χ2v) is 4.49. The molecule has 3 nitrogen and oxygen atoms in total. The zero-order chi connectivity index (χ0) is 12.3. The number of anilines is 1. The van der Waals surface area contributed by atoms with Crippen LogP contribution >= 0.6 is 0 Å². The lowest BCUT2D eigenvalue weighted by atomic mass is 10.1. The summed E-state index contributed by atoms with van der Waals surface area (Å²) >= 11 is 0. The first-order chi connectivity index (χ1) is 8.20. The first-order valence-electron chi connectivity index (χ1n) is 6.16. The lowest BCUT2D eigenvalue weighted by Crippen LogP contribution is -2.19. The number of amides is 1. The highest BCUT2D eigenvalue weighted by atomic mass is 16.2. The Morgan fingerprint density at radius 3 is 2.53 bits per heavy atom. The van der Waals surface area contributed by atoms with E-state index < -0.39 is 0 Å². The maximum Gasteiger partial charge on any atom is 0.253 e. The molecule has 0 radical (unpaired) electrons. The fraction of sp³-hybridized carbons (Fsp3) is 0.429. The maximum absolute atomic E-state index is 11.7. The quantitative estimate of drug-likeness (QED) is 0.782. The van der Waals surface area contributed by atoms with Gasteiger partial charge >= 0.3 is 0 Å². The Hall–Kier alpha value is -1.64. The molecule has 1 aliphatic heterocycles. The summed E-state index contributed by atoms with van der Waals surface area (Å²) < 4.78 is 0. The van der Waals surface area contributed by atoms with Gasteiger partial charge in [-0.25, -0.2) is 5.01 Å². The van der Waals surface area contributed by atoms with Crippen molar-refractivity contribution >= 4 is 17.3 Å². The first-order valence-corrected chi connectivity index (χ1v) is 6.16. The van der Waals surface area contributed by atoms with Crippen molar-refractivity contribution < 1.29 is 4.79 Å². The van der Waals surface area contributed by atoms with Crippen LogP contribution in [0.15, 0.2) is 29.4 Å². The predicted molar refractivity (Wildman–Crippen MR) is 70.3 cm³/mol. The van der Waals surface area contributed by atoms with E-state index in [1.165, 1.54) is 23.4 Å². The van der Waals surface area contributed by atoms with E-state index in [0.29, 0.717) is 6.42 Å². The fourth-order valence-electron chi connectivity index (χ4n) is 1.94. The van der Waals surface area contributed by atoms with Crippen LogP contribution in [0.3, 0.4) is 0 Å². The normalized spacial score (nSPS) is 15.3. The van der Waals surface area contributed by atoms with Gasteiger partial charge in [0.2, 0.25) is 0 Å². The third-order valence-electron chi connectivity index (χ3n) is 2.91. The standard InChI is InChI=1S/C14H18N2O/c1-3-4-5-12-6-8-13(9-7-12)16-14(17)10-11(2)15-16/h6-9H,3-5,10H2,1-2H3. The van der Waals surface area contributed by atoms with Crippen molar-refractivity contribution in [3.05, 3.63) is 29.8 Å². The Morgan fingerprint density at radius 1 is 1.29 bits per heavy atom. The number of benzene rings is 1. The molecule has 0 atom stereocenters. The van der Waals surface area contributed by atoms with Gasteiger partial charge < -0.3 is 0 Å². The second kappa shape index (κ2) is 5.13. The molecule has 3 heteroatoms. The van der Waals surface area contributed by atoms with Crippen molar-refractivity contribution in [3.8, 4) is 0 Å². The van der Waals surface area contributed by atoms with Gasteiger partial charge in [-0.05, 0) is 37.5 Å². The molecule has 90 valence electrons. The number of rotatable bonds is 4. The van der Waals surface area contributed by atoms with Gasteiger partial charge in [-0.2, -0.15) is 5.10 Å². The van der Waals surface area contributed by atoms with Crippen molar-refractivity contribution in [2.24, 2.45) is 5.10 Å². The lowest BCUT2D eigenvalue weighted by Gasteiger charge is -2.12. The van der Waals surface area contributed by atoms with Gasteiger partial charge in [0.15, 0.2) is 0 Å². The van der Waals surface area contributed by atoms with Crippen LogP contribution in [0.1, 0.15) is 38.7 Å². The molecule has 0 unspecified atom stereocenters. The Labute approximate surface area is 102 Å². The highest BCUT2D eigenvalue weighted by Crippen LogP contribution is 2.21. The summed E-state index contributed by atoms with van der Waals surface area (Å²) in [5.41, 5.74) is 3.07. The van der Waals surface area contributed by atoms with E-state index in [9.17, 15) is 4.79 Å². The van der Waals surface area contributed by atoms with Crippen LogP contribution in [0, 0.1) is 0 Å². The van der Waals surface area contributed by atoms with E-state index in [0.717, 1.165) is 17.8 Å². The van der Waals surface area contributed by atoms with E-state index in [1.807, 2.05) is 19.1 Å². The summed E-state index contributed by atoms with van der Waals surface area (Å²) in [6.07, 6.45) is 3.96. The highest BCUT2D eigenvalue weighted by Gasteiger charge is 2.22. The molecule has 0 bridgehead atoms. The van der Waals surface area contributed by atoms with E-state index in [1.54, 1.807) is 0 Å². The highest BCUT2D eigenvalue weighted by molar-refractivity contribution is 6.12. The zero-order valence-electron chi connectivity index (χ0n) is 10.4. The van der Waals surface area contributed by atoms with E-state index in [-0.39, 0.29) is 5.91 Å². The molecule has 0 saturated carbocycles. The number of hydrogen-bond donors (Lipinski definition) is 0. The summed E-state index contributed by atoms with van der Waals surface area (Å²) in [6.45, 7) is 4.07.